The molecule has 0 aromatic heterocycles. The molecule has 0 aromatic carbocycles. The van der Waals surface area contributed by atoms with Crippen LogP contribution in [0.3, 0.4) is 0 Å². The SMILES string of the molecule is CCCC(=O)N1CCC(C(C)(C)CN)CC1. The lowest BCUT2D eigenvalue weighted by Crippen LogP contribution is -2.43. The molecule has 0 aromatic rings. The maximum atomic E-state index is 11.7. The molecule has 0 bridgehead atoms. The molecule has 1 aliphatic heterocycles. The molecule has 2 N–H and O–H groups in total. The average Bonchev–Trinajstić information content (AvgIpc) is 2.29. The third kappa shape index (κ3) is 3.21. The van der Waals surface area contributed by atoms with Crippen molar-refractivity contribution in [2.45, 2.75) is 46.5 Å². The first kappa shape index (κ1) is 13.5. The maximum absolute atomic E-state index is 11.7. The van der Waals surface area contributed by atoms with Crippen molar-refractivity contribution in [2.75, 3.05) is 19.6 Å². The number of rotatable bonds is 4. The molecule has 0 radical (unpaired) electrons. The Morgan fingerprint density at radius 1 is 1.38 bits per heavy atom. The van der Waals surface area contributed by atoms with Crippen molar-refractivity contribution >= 4 is 5.91 Å². The highest BCUT2D eigenvalue weighted by Crippen LogP contribution is 2.34. The van der Waals surface area contributed by atoms with Gasteiger partial charge in [-0.25, -0.2) is 0 Å². The van der Waals surface area contributed by atoms with Crippen molar-refractivity contribution in [1.82, 2.24) is 4.90 Å². The zero-order valence-electron chi connectivity index (χ0n) is 11.0. The molecule has 1 rings (SSSR count). The normalized spacial score (nSPS) is 18.9. The highest BCUT2D eigenvalue weighted by atomic mass is 16.2. The van der Waals surface area contributed by atoms with Gasteiger partial charge in [0, 0.05) is 19.5 Å². The minimum atomic E-state index is 0.222. The number of carbonyl (C=O) groups is 1. The summed E-state index contributed by atoms with van der Waals surface area (Å²) in [7, 11) is 0. The first-order valence-corrected chi connectivity index (χ1v) is 6.49. The number of hydrogen-bond donors (Lipinski definition) is 1. The van der Waals surface area contributed by atoms with E-state index in [1.54, 1.807) is 0 Å². The fourth-order valence-corrected chi connectivity index (χ4v) is 2.45. The number of likely N-dealkylation sites (tertiary alicyclic amines) is 1. The van der Waals surface area contributed by atoms with Gasteiger partial charge in [0.05, 0.1) is 0 Å². The molecule has 0 unspecified atom stereocenters. The smallest absolute Gasteiger partial charge is 0.222 e. The minimum Gasteiger partial charge on any atom is -0.343 e. The molecule has 3 nitrogen and oxygen atoms in total. The second kappa shape index (κ2) is 5.67. The summed E-state index contributed by atoms with van der Waals surface area (Å²) in [5.74, 6) is 0.995. The molecule has 1 amide bonds. The Hall–Kier alpha value is -0.570. The monoisotopic (exact) mass is 226 g/mol. The Balaban J connectivity index is 2.42. The molecule has 3 heteroatoms. The number of hydrogen-bond acceptors (Lipinski definition) is 2. The first-order valence-electron chi connectivity index (χ1n) is 6.49. The lowest BCUT2D eigenvalue weighted by molar-refractivity contribution is -0.133. The van der Waals surface area contributed by atoms with E-state index in [1.807, 2.05) is 4.90 Å². The van der Waals surface area contributed by atoms with E-state index in [0.29, 0.717) is 18.2 Å². The third-order valence-corrected chi connectivity index (χ3v) is 3.94. The van der Waals surface area contributed by atoms with Crippen molar-refractivity contribution < 1.29 is 4.79 Å². The Morgan fingerprint density at radius 2 is 1.94 bits per heavy atom. The van der Waals surface area contributed by atoms with Gasteiger partial charge in [-0.3, -0.25) is 4.79 Å². The van der Waals surface area contributed by atoms with Crippen LogP contribution in [0.25, 0.3) is 0 Å². The van der Waals surface area contributed by atoms with Gasteiger partial charge in [0.1, 0.15) is 0 Å². The van der Waals surface area contributed by atoms with Crippen LogP contribution in [0.15, 0.2) is 0 Å². The van der Waals surface area contributed by atoms with Crippen LogP contribution in [0.1, 0.15) is 46.5 Å². The summed E-state index contributed by atoms with van der Waals surface area (Å²) in [4.78, 5) is 13.7. The van der Waals surface area contributed by atoms with Crippen LogP contribution in [0, 0.1) is 11.3 Å². The summed E-state index contributed by atoms with van der Waals surface area (Å²) in [6.07, 6.45) is 3.87. The Morgan fingerprint density at radius 3 is 2.38 bits per heavy atom. The van der Waals surface area contributed by atoms with Crippen LogP contribution in [-0.4, -0.2) is 30.4 Å². The van der Waals surface area contributed by atoms with Crippen molar-refractivity contribution in [3.8, 4) is 0 Å². The quantitative estimate of drug-likeness (QED) is 0.797. The second-order valence-corrected chi connectivity index (χ2v) is 5.60. The van der Waals surface area contributed by atoms with Gasteiger partial charge < -0.3 is 10.6 Å². The van der Waals surface area contributed by atoms with Crippen molar-refractivity contribution in [3.63, 3.8) is 0 Å². The lowest BCUT2D eigenvalue weighted by atomic mass is 9.74. The van der Waals surface area contributed by atoms with Gasteiger partial charge in [-0.2, -0.15) is 0 Å². The molecule has 0 spiro atoms. The van der Waals surface area contributed by atoms with Crippen molar-refractivity contribution in [1.29, 1.82) is 0 Å². The molecule has 16 heavy (non-hydrogen) atoms. The van der Waals surface area contributed by atoms with Crippen LogP contribution in [-0.2, 0) is 4.79 Å². The fraction of sp³-hybridized carbons (Fsp3) is 0.923. The van der Waals surface area contributed by atoms with Crippen molar-refractivity contribution in [2.24, 2.45) is 17.1 Å². The molecule has 0 atom stereocenters. The summed E-state index contributed by atoms with van der Waals surface area (Å²) < 4.78 is 0. The molecule has 1 aliphatic rings. The number of piperidine rings is 1. The Kier molecular flexibility index (Phi) is 4.78. The highest BCUT2D eigenvalue weighted by Gasteiger charge is 2.32. The van der Waals surface area contributed by atoms with Gasteiger partial charge in [0.2, 0.25) is 5.91 Å². The third-order valence-electron chi connectivity index (χ3n) is 3.94. The zero-order chi connectivity index (χ0) is 12.2. The highest BCUT2D eigenvalue weighted by molar-refractivity contribution is 5.76. The van der Waals surface area contributed by atoms with E-state index in [2.05, 4.69) is 20.8 Å². The zero-order valence-corrected chi connectivity index (χ0v) is 11.0. The van der Waals surface area contributed by atoms with Crippen LogP contribution >= 0.6 is 0 Å². The standard InChI is InChI=1S/C13H26N2O/c1-4-5-12(16)15-8-6-11(7-9-15)13(2,3)10-14/h11H,4-10,14H2,1-3H3. The number of carbonyl (C=O) groups excluding carboxylic acids is 1. The van der Waals surface area contributed by atoms with Crippen LogP contribution < -0.4 is 5.73 Å². The molecule has 0 aliphatic carbocycles. The molecular weight excluding hydrogens is 200 g/mol. The molecule has 1 saturated heterocycles. The van der Waals surface area contributed by atoms with Gasteiger partial charge >= 0.3 is 0 Å². The largest absolute Gasteiger partial charge is 0.343 e. The summed E-state index contributed by atoms with van der Waals surface area (Å²) in [5.41, 5.74) is 6.02. The molecular formula is C13H26N2O. The van der Waals surface area contributed by atoms with Crippen LogP contribution in [0.5, 0.6) is 0 Å². The van der Waals surface area contributed by atoms with E-state index in [4.69, 9.17) is 5.73 Å². The molecule has 1 heterocycles. The molecule has 94 valence electrons. The predicted octanol–water partition coefficient (Wildman–Crippen LogP) is 2.01. The molecule has 0 saturated carbocycles. The Bertz CT molecular complexity index is 230. The van der Waals surface area contributed by atoms with E-state index < -0.39 is 0 Å². The van der Waals surface area contributed by atoms with Gasteiger partial charge in [-0.15, -0.1) is 0 Å². The number of nitrogens with zero attached hydrogens (tertiary/aromatic N) is 1. The van der Waals surface area contributed by atoms with Crippen LogP contribution in [0.4, 0.5) is 0 Å². The predicted molar refractivity (Wildman–Crippen MR) is 67.0 cm³/mol. The maximum Gasteiger partial charge on any atom is 0.222 e. The van der Waals surface area contributed by atoms with Gasteiger partial charge in [-0.1, -0.05) is 20.8 Å². The summed E-state index contributed by atoms with van der Waals surface area (Å²) >= 11 is 0. The van der Waals surface area contributed by atoms with Crippen molar-refractivity contribution in [3.05, 3.63) is 0 Å². The van der Waals surface area contributed by atoms with E-state index in [1.165, 1.54) is 0 Å². The number of amides is 1. The van der Waals surface area contributed by atoms with Gasteiger partial charge in [0.15, 0.2) is 0 Å². The van der Waals surface area contributed by atoms with E-state index in [0.717, 1.165) is 38.9 Å². The van der Waals surface area contributed by atoms with E-state index in [9.17, 15) is 4.79 Å². The number of nitrogens with two attached hydrogens (primary N) is 1. The molecule has 1 fully saturated rings. The Labute approximate surface area is 99.4 Å². The fourth-order valence-electron chi connectivity index (χ4n) is 2.45. The first-order chi connectivity index (χ1) is 7.51. The summed E-state index contributed by atoms with van der Waals surface area (Å²) in [6.45, 7) is 9.12. The van der Waals surface area contributed by atoms with Gasteiger partial charge in [-0.05, 0) is 37.1 Å². The van der Waals surface area contributed by atoms with E-state index >= 15 is 0 Å². The lowest BCUT2D eigenvalue weighted by Gasteiger charge is -2.40. The minimum absolute atomic E-state index is 0.222. The summed E-state index contributed by atoms with van der Waals surface area (Å²) in [5, 5.41) is 0. The van der Waals surface area contributed by atoms with E-state index in [-0.39, 0.29) is 5.41 Å². The average molecular weight is 226 g/mol. The van der Waals surface area contributed by atoms with Gasteiger partial charge in [0.25, 0.3) is 0 Å². The second-order valence-electron chi connectivity index (χ2n) is 5.60. The summed E-state index contributed by atoms with van der Waals surface area (Å²) in [6, 6.07) is 0. The topological polar surface area (TPSA) is 46.3 Å². The van der Waals surface area contributed by atoms with Crippen LogP contribution in [0.2, 0.25) is 0 Å².